The van der Waals surface area contributed by atoms with E-state index in [0.29, 0.717) is 31.7 Å². The van der Waals surface area contributed by atoms with Gasteiger partial charge in [-0.3, -0.25) is 14.5 Å². The number of ketones is 1. The number of furan rings is 1. The largest absolute Gasteiger partial charge is 0.468 e. The fourth-order valence-electron chi connectivity index (χ4n) is 4.36. The number of benzene rings is 1. The summed E-state index contributed by atoms with van der Waals surface area (Å²) in [6.07, 6.45) is 3.74. The molecule has 34 heavy (non-hydrogen) atoms. The van der Waals surface area contributed by atoms with Crippen molar-refractivity contribution >= 4 is 21.7 Å². The minimum atomic E-state index is -3.68. The van der Waals surface area contributed by atoms with Crippen molar-refractivity contribution in [2.75, 3.05) is 45.9 Å². The van der Waals surface area contributed by atoms with Crippen LogP contribution >= 0.6 is 0 Å². The molecule has 0 aliphatic carbocycles. The topological polar surface area (TPSA) is 100 Å². The minimum Gasteiger partial charge on any atom is -0.468 e. The smallest absolute Gasteiger partial charge is 0.243 e. The average molecular weight is 490 g/mol. The third-order valence-corrected chi connectivity index (χ3v) is 8.21. The highest BCUT2D eigenvalue weighted by molar-refractivity contribution is 7.89. The molecular weight excluding hydrogens is 458 g/mol. The molecule has 0 spiro atoms. The quantitative estimate of drug-likeness (QED) is 0.497. The fraction of sp³-hybridized carbons (Fsp3) is 0.500. The summed E-state index contributed by atoms with van der Waals surface area (Å²) in [4.78, 5) is 28.4. The number of nitrogens with zero attached hydrogens (tertiary/aromatic N) is 3. The van der Waals surface area contributed by atoms with Crippen LogP contribution in [-0.4, -0.2) is 86.2 Å². The van der Waals surface area contributed by atoms with Crippen LogP contribution in [0.15, 0.2) is 52.0 Å². The van der Waals surface area contributed by atoms with E-state index in [4.69, 9.17) is 9.15 Å². The Balaban J connectivity index is 1.34. The van der Waals surface area contributed by atoms with Gasteiger partial charge in [0, 0.05) is 44.9 Å². The number of rotatable bonds is 9. The van der Waals surface area contributed by atoms with Gasteiger partial charge in [0.1, 0.15) is 5.76 Å². The fourth-order valence-corrected chi connectivity index (χ4v) is 5.79. The molecule has 0 N–H and O–H groups in total. The monoisotopic (exact) mass is 489 g/mol. The maximum Gasteiger partial charge on any atom is 0.243 e. The number of hydrogen-bond donors (Lipinski definition) is 0. The van der Waals surface area contributed by atoms with Crippen LogP contribution in [0.1, 0.15) is 35.9 Å². The van der Waals surface area contributed by atoms with Crippen molar-refractivity contribution in [3.63, 3.8) is 0 Å². The van der Waals surface area contributed by atoms with Crippen LogP contribution in [0.2, 0.25) is 0 Å². The van der Waals surface area contributed by atoms with Gasteiger partial charge in [0.2, 0.25) is 15.9 Å². The van der Waals surface area contributed by atoms with E-state index in [-0.39, 0.29) is 42.3 Å². The number of hydrogen-bond acceptors (Lipinski definition) is 7. The van der Waals surface area contributed by atoms with Gasteiger partial charge in [-0.05, 0) is 44.0 Å². The Labute approximate surface area is 200 Å². The summed E-state index contributed by atoms with van der Waals surface area (Å²) >= 11 is 0. The summed E-state index contributed by atoms with van der Waals surface area (Å²) in [7, 11) is -3.68. The lowest BCUT2D eigenvalue weighted by atomic mass is 10.2. The first kappa shape index (κ1) is 24.6. The lowest BCUT2D eigenvalue weighted by Gasteiger charge is -2.35. The number of ether oxygens (including phenoxy) is 1. The third-order valence-electron chi connectivity index (χ3n) is 6.29. The molecule has 2 aliphatic heterocycles. The Morgan fingerprint density at radius 2 is 1.82 bits per heavy atom. The Bertz CT molecular complexity index is 1070. The molecule has 2 aromatic rings. The molecule has 184 valence electrons. The summed E-state index contributed by atoms with van der Waals surface area (Å²) < 4.78 is 38.6. The first-order valence-corrected chi connectivity index (χ1v) is 13.0. The van der Waals surface area contributed by atoms with Gasteiger partial charge in [-0.15, -0.1) is 0 Å². The van der Waals surface area contributed by atoms with Gasteiger partial charge in [-0.1, -0.05) is 12.1 Å². The van der Waals surface area contributed by atoms with Crippen molar-refractivity contribution < 1.29 is 27.2 Å². The highest BCUT2D eigenvalue weighted by atomic mass is 32.2. The van der Waals surface area contributed by atoms with Crippen molar-refractivity contribution in [2.45, 2.75) is 37.3 Å². The molecule has 2 saturated heterocycles. The molecule has 1 aromatic heterocycles. The van der Waals surface area contributed by atoms with E-state index >= 15 is 0 Å². The highest BCUT2D eigenvalue weighted by Crippen LogP contribution is 2.20. The standard InChI is InChI=1S/C24H31N3O6S/c1-19(28)20-6-8-23(9-7-20)34(30,31)27-12-10-26(11-13-27)24(29)18-25(16-21-4-2-14-32-21)17-22-5-3-15-33-22/h2,4,6-9,14,22H,3,5,10-13,15-18H2,1H3. The van der Waals surface area contributed by atoms with Crippen molar-refractivity contribution in [1.82, 2.24) is 14.1 Å². The van der Waals surface area contributed by atoms with Gasteiger partial charge in [0.15, 0.2) is 5.78 Å². The van der Waals surface area contributed by atoms with Crippen LogP contribution < -0.4 is 0 Å². The zero-order chi connectivity index (χ0) is 24.1. The number of amides is 1. The first-order valence-electron chi connectivity index (χ1n) is 11.6. The predicted octanol–water partition coefficient (Wildman–Crippen LogP) is 2.00. The minimum absolute atomic E-state index is 0.0348. The van der Waals surface area contributed by atoms with Crippen LogP contribution in [0.3, 0.4) is 0 Å². The number of carbonyl (C=O) groups excluding carboxylic acids is 2. The number of piperazine rings is 1. The molecule has 1 unspecified atom stereocenters. The third kappa shape index (κ3) is 5.93. The summed E-state index contributed by atoms with van der Waals surface area (Å²) in [6.45, 7) is 4.70. The molecule has 1 aromatic carbocycles. The van der Waals surface area contributed by atoms with E-state index in [1.165, 1.54) is 35.5 Å². The van der Waals surface area contributed by atoms with Crippen LogP contribution in [-0.2, 0) is 26.1 Å². The first-order chi connectivity index (χ1) is 16.3. The summed E-state index contributed by atoms with van der Waals surface area (Å²) in [6, 6.07) is 9.68. The second-order valence-corrected chi connectivity index (χ2v) is 10.7. The summed E-state index contributed by atoms with van der Waals surface area (Å²) in [5.74, 6) is 0.640. The zero-order valence-electron chi connectivity index (χ0n) is 19.4. The van der Waals surface area contributed by atoms with Crippen molar-refractivity contribution in [2.24, 2.45) is 0 Å². The molecule has 2 aliphatic rings. The van der Waals surface area contributed by atoms with E-state index in [1.54, 1.807) is 11.2 Å². The zero-order valence-corrected chi connectivity index (χ0v) is 20.2. The van der Waals surface area contributed by atoms with E-state index < -0.39 is 10.0 Å². The maximum atomic E-state index is 13.1. The molecule has 1 amide bonds. The molecule has 0 bridgehead atoms. The molecule has 2 fully saturated rings. The molecule has 4 rings (SSSR count). The number of Topliss-reactive ketones (excluding diaryl/α,β-unsaturated/α-hetero) is 1. The number of sulfonamides is 1. The van der Waals surface area contributed by atoms with Gasteiger partial charge in [0.25, 0.3) is 0 Å². The van der Waals surface area contributed by atoms with Gasteiger partial charge in [-0.25, -0.2) is 8.42 Å². The van der Waals surface area contributed by atoms with Crippen molar-refractivity contribution in [1.29, 1.82) is 0 Å². The van der Waals surface area contributed by atoms with E-state index in [2.05, 4.69) is 0 Å². The van der Waals surface area contributed by atoms with Crippen LogP contribution in [0.5, 0.6) is 0 Å². The van der Waals surface area contributed by atoms with Crippen molar-refractivity contribution in [3.05, 3.63) is 54.0 Å². The normalized spacial score (nSPS) is 19.6. The second-order valence-electron chi connectivity index (χ2n) is 8.75. The van der Waals surface area contributed by atoms with E-state index in [0.717, 1.165) is 25.2 Å². The summed E-state index contributed by atoms with van der Waals surface area (Å²) in [5, 5.41) is 0. The molecular formula is C24H31N3O6S. The van der Waals surface area contributed by atoms with Crippen LogP contribution in [0.25, 0.3) is 0 Å². The Morgan fingerprint density at radius 1 is 1.09 bits per heavy atom. The van der Waals surface area contributed by atoms with Gasteiger partial charge < -0.3 is 14.1 Å². The molecule has 1 atom stereocenters. The van der Waals surface area contributed by atoms with Crippen LogP contribution in [0, 0.1) is 0 Å². The highest BCUT2D eigenvalue weighted by Gasteiger charge is 2.31. The molecule has 3 heterocycles. The van der Waals surface area contributed by atoms with E-state index in [9.17, 15) is 18.0 Å². The molecule has 10 heteroatoms. The average Bonchev–Trinajstić information content (AvgIpc) is 3.53. The Kier molecular flexibility index (Phi) is 7.82. The Hall–Kier alpha value is -2.53. The number of carbonyl (C=O) groups is 2. The lowest BCUT2D eigenvalue weighted by molar-refractivity contribution is -0.134. The van der Waals surface area contributed by atoms with Crippen molar-refractivity contribution in [3.8, 4) is 0 Å². The van der Waals surface area contributed by atoms with Crippen LogP contribution in [0.4, 0.5) is 0 Å². The predicted molar refractivity (Wildman–Crippen MR) is 125 cm³/mol. The van der Waals surface area contributed by atoms with Gasteiger partial charge >= 0.3 is 0 Å². The molecule has 9 nitrogen and oxygen atoms in total. The summed E-state index contributed by atoms with van der Waals surface area (Å²) in [5.41, 5.74) is 0.469. The molecule has 0 saturated carbocycles. The van der Waals surface area contributed by atoms with E-state index in [1.807, 2.05) is 17.0 Å². The molecule has 0 radical (unpaired) electrons. The second kappa shape index (κ2) is 10.8. The maximum absolute atomic E-state index is 13.1. The Morgan fingerprint density at radius 3 is 2.41 bits per heavy atom. The van der Waals surface area contributed by atoms with Gasteiger partial charge in [-0.2, -0.15) is 4.31 Å². The lowest BCUT2D eigenvalue weighted by Crippen LogP contribution is -2.52. The van der Waals surface area contributed by atoms with Gasteiger partial charge in [0.05, 0.1) is 30.4 Å². The SMILES string of the molecule is CC(=O)c1ccc(S(=O)(=O)N2CCN(C(=O)CN(Cc3ccco3)CC3CCCO3)CC2)cc1.